The second kappa shape index (κ2) is 6.56. The molecule has 1 aliphatic rings. The molecule has 118 valence electrons. The van der Waals surface area contributed by atoms with Crippen molar-refractivity contribution in [1.82, 2.24) is 9.29 Å². The van der Waals surface area contributed by atoms with Gasteiger partial charge in [-0.05, 0) is 56.5 Å². The number of halogens is 2. The van der Waals surface area contributed by atoms with E-state index >= 15 is 0 Å². The molecule has 0 aliphatic carbocycles. The number of hydrogen-bond acceptors (Lipinski definition) is 5. The van der Waals surface area contributed by atoms with Gasteiger partial charge in [0.25, 0.3) is 10.0 Å². The predicted molar refractivity (Wildman–Crippen MR) is 91.7 cm³/mol. The van der Waals surface area contributed by atoms with Crippen LogP contribution in [0, 0.1) is 0 Å². The van der Waals surface area contributed by atoms with Crippen molar-refractivity contribution in [3.05, 3.63) is 38.7 Å². The molecule has 1 saturated heterocycles. The van der Waals surface area contributed by atoms with Crippen molar-refractivity contribution in [2.45, 2.75) is 16.7 Å². The predicted octanol–water partition coefficient (Wildman–Crippen LogP) is 3.51. The van der Waals surface area contributed by atoms with E-state index in [1.165, 1.54) is 15.6 Å². The maximum absolute atomic E-state index is 12.5. The zero-order valence-electron chi connectivity index (χ0n) is 11.3. The van der Waals surface area contributed by atoms with E-state index in [2.05, 4.69) is 36.8 Å². The Morgan fingerprint density at radius 2 is 2.09 bits per heavy atom. The van der Waals surface area contributed by atoms with Crippen molar-refractivity contribution >= 4 is 53.2 Å². The first-order chi connectivity index (χ1) is 10.4. The van der Waals surface area contributed by atoms with Gasteiger partial charge >= 0.3 is 0 Å². The molecule has 0 amide bonds. The third-order valence-electron chi connectivity index (χ3n) is 3.24. The van der Waals surface area contributed by atoms with Crippen LogP contribution in [0.25, 0.3) is 0 Å². The van der Waals surface area contributed by atoms with Gasteiger partial charge in [-0.2, -0.15) is 4.31 Å². The van der Waals surface area contributed by atoms with Crippen LogP contribution < -0.4 is 4.74 Å². The molecule has 5 nitrogen and oxygen atoms in total. The normalized spacial score (nSPS) is 19.5. The zero-order chi connectivity index (χ0) is 15.7. The largest absolute Gasteiger partial charge is 0.473 e. The molecule has 1 unspecified atom stereocenters. The smallest absolute Gasteiger partial charge is 0.252 e. The first-order valence-electron chi connectivity index (χ1n) is 6.49. The van der Waals surface area contributed by atoms with Crippen molar-refractivity contribution < 1.29 is 13.2 Å². The Balaban J connectivity index is 1.68. The molecule has 0 saturated carbocycles. The van der Waals surface area contributed by atoms with Crippen molar-refractivity contribution in [2.75, 3.05) is 13.1 Å². The second-order valence-electron chi connectivity index (χ2n) is 4.76. The average molecular weight is 468 g/mol. The molecule has 2 aromatic heterocycles. The Kier molecular flexibility index (Phi) is 4.89. The first-order valence-corrected chi connectivity index (χ1v) is 10.3. The van der Waals surface area contributed by atoms with Crippen LogP contribution in [0.4, 0.5) is 0 Å². The number of thiophene rings is 1. The topological polar surface area (TPSA) is 59.5 Å². The highest BCUT2D eigenvalue weighted by molar-refractivity contribution is 9.11. The van der Waals surface area contributed by atoms with Crippen molar-refractivity contribution in [1.29, 1.82) is 0 Å². The number of hydrogen-bond donors (Lipinski definition) is 0. The van der Waals surface area contributed by atoms with Crippen LogP contribution in [0.3, 0.4) is 0 Å². The summed E-state index contributed by atoms with van der Waals surface area (Å²) in [5, 5.41) is 0. The summed E-state index contributed by atoms with van der Waals surface area (Å²) in [7, 11) is -3.44. The van der Waals surface area contributed by atoms with Gasteiger partial charge in [0.15, 0.2) is 0 Å². The van der Waals surface area contributed by atoms with E-state index in [-0.39, 0.29) is 6.10 Å². The van der Waals surface area contributed by atoms with Crippen LogP contribution in [0.2, 0.25) is 0 Å². The summed E-state index contributed by atoms with van der Waals surface area (Å²) in [6, 6.07) is 6.97. The van der Waals surface area contributed by atoms with Gasteiger partial charge in [-0.1, -0.05) is 0 Å². The monoisotopic (exact) mass is 466 g/mol. The van der Waals surface area contributed by atoms with E-state index in [1.807, 2.05) is 6.07 Å². The van der Waals surface area contributed by atoms with Crippen molar-refractivity contribution in [3.63, 3.8) is 0 Å². The molecule has 0 aromatic carbocycles. The van der Waals surface area contributed by atoms with E-state index in [0.29, 0.717) is 29.6 Å². The van der Waals surface area contributed by atoms with Gasteiger partial charge in [0.05, 0.1) is 10.3 Å². The van der Waals surface area contributed by atoms with Crippen molar-refractivity contribution in [2.24, 2.45) is 0 Å². The van der Waals surface area contributed by atoms with E-state index in [4.69, 9.17) is 4.74 Å². The SMILES string of the molecule is O=S(=O)(c1ccc(Br)s1)N1CCC(Oc2ccc(Br)cn2)C1. The highest BCUT2D eigenvalue weighted by atomic mass is 79.9. The zero-order valence-corrected chi connectivity index (χ0v) is 16.1. The van der Waals surface area contributed by atoms with Crippen LogP contribution in [0.1, 0.15) is 6.42 Å². The van der Waals surface area contributed by atoms with Gasteiger partial charge in [0.1, 0.15) is 10.3 Å². The Labute approximate surface area is 149 Å². The minimum atomic E-state index is -3.44. The number of aromatic nitrogens is 1. The molecule has 1 atom stereocenters. The third-order valence-corrected chi connectivity index (χ3v) is 7.66. The molecule has 9 heteroatoms. The average Bonchev–Trinajstić information content (AvgIpc) is 3.11. The van der Waals surface area contributed by atoms with E-state index in [0.717, 1.165) is 8.26 Å². The second-order valence-corrected chi connectivity index (χ2v) is 10.3. The lowest BCUT2D eigenvalue weighted by Gasteiger charge is -2.16. The van der Waals surface area contributed by atoms with Crippen LogP contribution in [-0.4, -0.2) is 36.9 Å². The third kappa shape index (κ3) is 3.53. The lowest BCUT2D eigenvalue weighted by Crippen LogP contribution is -2.30. The first kappa shape index (κ1) is 16.4. The molecule has 1 fully saturated rings. The summed E-state index contributed by atoms with van der Waals surface area (Å²) < 4.78 is 34.3. The molecule has 0 radical (unpaired) electrons. The lowest BCUT2D eigenvalue weighted by atomic mass is 10.3. The number of sulfonamides is 1. The molecular weight excluding hydrogens is 456 g/mol. The summed E-state index contributed by atoms with van der Waals surface area (Å²) >= 11 is 7.82. The van der Waals surface area contributed by atoms with Crippen LogP contribution in [-0.2, 0) is 10.0 Å². The highest BCUT2D eigenvalue weighted by Gasteiger charge is 2.34. The van der Waals surface area contributed by atoms with Gasteiger partial charge in [0.2, 0.25) is 5.88 Å². The van der Waals surface area contributed by atoms with E-state index in [1.54, 1.807) is 24.4 Å². The number of pyridine rings is 1. The number of rotatable bonds is 4. The fourth-order valence-corrected chi connectivity index (χ4v) is 6.06. The summed E-state index contributed by atoms with van der Waals surface area (Å²) in [5.41, 5.74) is 0. The molecule has 3 heterocycles. The fraction of sp³-hybridized carbons (Fsp3) is 0.308. The van der Waals surface area contributed by atoms with Gasteiger partial charge in [-0.3, -0.25) is 0 Å². The molecule has 0 spiro atoms. The maximum atomic E-state index is 12.5. The van der Waals surface area contributed by atoms with Gasteiger partial charge < -0.3 is 4.74 Å². The molecule has 3 rings (SSSR count). The lowest BCUT2D eigenvalue weighted by molar-refractivity contribution is 0.207. The molecule has 0 N–H and O–H groups in total. The van der Waals surface area contributed by atoms with Crippen LogP contribution >= 0.6 is 43.2 Å². The summed E-state index contributed by atoms with van der Waals surface area (Å²) in [6.45, 7) is 0.800. The quantitative estimate of drug-likeness (QED) is 0.690. The Morgan fingerprint density at radius 3 is 2.73 bits per heavy atom. The van der Waals surface area contributed by atoms with E-state index < -0.39 is 10.0 Å². The fourth-order valence-electron chi connectivity index (χ4n) is 2.18. The van der Waals surface area contributed by atoms with Gasteiger partial charge in [-0.15, -0.1) is 11.3 Å². The Bertz CT molecular complexity index is 762. The van der Waals surface area contributed by atoms with Crippen LogP contribution in [0.15, 0.2) is 42.9 Å². The maximum Gasteiger partial charge on any atom is 0.252 e. The Hall–Kier alpha value is -0.480. The molecule has 2 aromatic rings. The highest BCUT2D eigenvalue weighted by Crippen LogP contribution is 2.30. The Morgan fingerprint density at radius 1 is 1.27 bits per heavy atom. The number of nitrogens with zero attached hydrogens (tertiary/aromatic N) is 2. The molecular formula is C13H12Br2N2O3S2. The minimum absolute atomic E-state index is 0.174. The minimum Gasteiger partial charge on any atom is -0.473 e. The van der Waals surface area contributed by atoms with Gasteiger partial charge in [-0.25, -0.2) is 13.4 Å². The van der Waals surface area contributed by atoms with Crippen molar-refractivity contribution in [3.8, 4) is 5.88 Å². The standard InChI is InChI=1S/C13H12Br2N2O3S2/c14-9-1-3-12(16-7-9)20-10-5-6-17(8-10)22(18,19)13-4-2-11(15)21-13/h1-4,7,10H,5-6,8H2. The summed E-state index contributed by atoms with van der Waals surface area (Å²) in [5.74, 6) is 0.506. The molecule has 1 aliphatic heterocycles. The summed E-state index contributed by atoms with van der Waals surface area (Å²) in [6.07, 6.45) is 2.14. The van der Waals surface area contributed by atoms with Gasteiger partial charge in [0, 0.05) is 23.3 Å². The molecule has 0 bridgehead atoms. The number of ether oxygens (including phenoxy) is 1. The molecule has 22 heavy (non-hydrogen) atoms. The summed E-state index contributed by atoms with van der Waals surface area (Å²) in [4.78, 5) is 4.15. The van der Waals surface area contributed by atoms with Crippen LogP contribution in [0.5, 0.6) is 5.88 Å². The van der Waals surface area contributed by atoms with E-state index in [9.17, 15) is 8.42 Å².